The second-order valence-corrected chi connectivity index (χ2v) is 1.09. The van der Waals surface area contributed by atoms with Crippen LogP contribution < -0.4 is 5.32 Å². The molecule has 3 heteroatoms. The van der Waals surface area contributed by atoms with Gasteiger partial charge in [0.2, 0.25) is 0 Å². The van der Waals surface area contributed by atoms with Gasteiger partial charge in [-0.05, 0) is 0 Å². The highest BCUT2D eigenvalue weighted by atomic mass is 16.5. The van der Waals surface area contributed by atoms with Crippen LogP contribution in [-0.2, 0) is 4.74 Å². The standard InChI is InChI=1S/C5H8N2O/c1-3-4-7-5(6)8-2/h1H,4H2,2H3,(H2,6,7). The van der Waals surface area contributed by atoms with Gasteiger partial charge < -0.3 is 10.1 Å². The number of terminal acetylenes is 1. The van der Waals surface area contributed by atoms with E-state index in [1.165, 1.54) is 7.11 Å². The minimum Gasteiger partial charge on any atom is -0.469 e. The molecule has 0 heterocycles. The van der Waals surface area contributed by atoms with Crippen LogP contribution in [0.25, 0.3) is 0 Å². The van der Waals surface area contributed by atoms with Crippen molar-refractivity contribution < 1.29 is 4.74 Å². The monoisotopic (exact) mass is 112 g/mol. The fourth-order valence-corrected chi connectivity index (χ4v) is 0.203. The SMILES string of the molecule is C#CCNC(=N)OC. The molecular formula is C5H8N2O. The van der Waals surface area contributed by atoms with Crippen LogP contribution in [0.1, 0.15) is 0 Å². The summed E-state index contributed by atoms with van der Waals surface area (Å²) < 4.78 is 4.43. The van der Waals surface area contributed by atoms with Crippen molar-refractivity contribution >= 4 is 6.02 Å². The zero-order valence-electron chi connectivity index (χ0n) is 4.69. The Kier molecular flexibility index (Phi) is 3.42. The van der Waals surface area contributed by atoms with Crippen LogP contribution in [0.15, 0.2) is 0 Å². The summed E-state index contributed by atoms with van der Waals surface area (Å²) in [5.41, 5.74) is 0. The first-order valence-corrected chi connectivity index (χ1v) is 2.11. The summed E-state index contributed by atoms with van der Waals surface area (Å²) in [4.78, 5) is 0. The maximum Gasteiger partial charge on any atom is 0.282 e. The average molecular weight is 112 g/mol. The Morgan fingerprint density at radius 3 is 3.00 bits per heavy atom. The van der Waals surface area contributed by atoms with Crippen molar-refractivity contribution in [2.24, 2.45) is 0 Å². The van der Waals surface area contributed by atoms with E-state index in [2.05, 4.69) is 16.0 Å². The highest BCUT2D eigenvalue weighted by Crippen LogP contribution is 1.62. The van der Waals surface area contributed by atoms with Crippen LogP contribution in [0.4, 0.5) is 0 Å². The van der Waals surface area contributed by atoms with E-state index in [0.29, 0.717) is 6.54 Å². The first kappa shape index (κ1) is 6.83. The predicted molar refractivity (Wildman–Crippen MR) is 31.6 cm³/mol. The molecule has 0 aromatic carbocycles. The zero-order valence-corrected chi connectivity index (χ0v) is 4.69. The summed E-state index contributed by atoms with van der Waals surface area (Å²) in [6.45, 7) is 0.340. The van der Waals surface area contributed by atoms with Crippen molar-refractivity contribution in [3.63, 3.8) is 0 Å². The Labute approximate surface area is 48.5 Å². The molecule has 0 aromatic heterocycles. The lowest BCUT2D eigenvalue weighted by molar-refractivity contribution is 0.379. The number of hydrogen-bond donors (Lipinski definition) is 2. The lowest BCUT2D eigenvalue weighted by Crippen LogP contribution is -2.23. The minimum atomic E-state index is 0.00273. The van der Waals surface area contributed by atoms with E-state index in [1.807, 2.05) is 0 Å². The van der Waals surface area contributed by atoms with E-state index in [-0.39, 0.29) is 6.02 Å². The Morgan fingerprint density at radius 1 is 2.00 bits per heavy atom. The largest absolute Gasteiger partial charge is 0.469 e. The highest BCUT2D eigenvalue weighted by molar-refractivity contribution is 5.69. The Balaban J connectivity index is 3.15. The maximum atomic E-state index is 6.81. The summed E-state index contributed by atoms with van der Waals surface area (Å²) in [5, 5.41) is 9.32. The third-order valence-electron chi connectivity index (χ3n) is 0.555. The predicted octanol–water partition coefficient (Wildman–Crippen LogP) is -0.210. The molecule has 3 nitrogen and oxygen atoms in total. The number of hydrogen-bond acceptors (Lipinski definition) is 2. The maximum absolute atomic E-state index is 6.81. The first-order valence-electron chi connectivity index (χ1n) is 2.11. The van der Waals surface area contributed by atoms with Gasteiger partial charge in [0.25, 0.3) is 6.02 Å². The molecule has 0 aliphatic carbocycles. The van der Waals surface area contributed by atoms with Crippen LogP contribution in [0.5, 0.6) is 0 Å². The van der Waals surface area contributed by atoms with Crippen molar-refractivity contribution in [1.82, 2.24) is 5.32 Å². The van der Waals surface area contributed by atoms with E-state index in [0.717, 1.165) is 0 Å². The van der Waals surface area contributed by atoms with Gasteiger partial charge >= 0.3 is 0 Å². The van der Waals surface area contributed by atoms with Crippen LogP contribution in [0.3, 0.4) is 0 Å². The quantitative estimate of drug-likeness (QED) is 0.280. The molecule has 0 unspecified atom stereocenters. The number of amidine groups is 1. The molecule has 0 aromatic rings. The van der Waals surface area contributed by atoms with Crippen molar-refractivity contribution in [1.29, 1.82) is 5.41 Å². The average Bonchev–Trinajstić information content (AvgIpc) is 1.83. The summed E-state index contributed by atoms with van der Waals surface area (Å²) in [6, 6.07) is 0.00273. The summed E-state index contributed by atoms with van der Waals surface area (Å²) in [6.07, 6.45) is 4.87. The molecule has 0 saturated carbocycles. The zero-order chi connectivity index (χ0) is 6.41. The molecule has 0 spiro atoms. The molecule has 2 N–H and O–H groups in total. The van der Waals surface area contributed by atoms with Gasteiger partial charge in [-0.3, -0.25) is 5.41 Å². The van der Waals surface area contributed by atoms with Crippen LogP contribution in [-0.4, -0.2) is 19.7 Å². The molecule has 0 saturated heterocycles. The van der Waals surface area contributed by atoms with Crippen molar-refractivity contribution in [3.8, 4) is 12.3 Å². The Bertz CT molecular complexity index is 114. The molecular weight excluding hydrogens is 104 g/mol. The lowest BCUT2D eigenvalue weighted by Gasteiger charge is -1.99. The van der Waals surface area contributed by atoms with E-state index in [1.54, 1.807) is 0 Å². The second-order valence-electron chi connectivity index (χ2n) is 1.09. The van der Waals surface area contributed by atoms with Gasteiger partial charge in [-0.1, -0.05) is 5.92 Å². The van der Waals surface area contributed by atoms with Crippen molar-refractivity contribution in [3.05, 3.63) is 0 Å². The van der Waals surface area contributed by atoms with Crippen molar-refractivity contribution in [2.75, 3.05) is 13.7 Å². The highest BCUT2D eigenvalue weighted by Gasteiger charge is 1.85. The number of nitrogens with one attached hydrogen (secondary N) is 2. The lowest BCUT2D eigenvalue weighted by atomic mass is 10.7. The first-order chi connectivity index (χ1) is 3.81. The van der Waals surface area contributed by atoms with Gasteiger partial charge in [-0.15, -0.1) is 6.42 Å². The fraction of sp³-hybridized carbons (Fsp3) is 0.400. The fourth-order valence-electron chi connectivity index (χ4n) is 0.203. The summed E-state index contributed by atoms with van der Waals surface area (Å²) in [7, 11) is 1.41. The van der Waals surface area contributed by atoms with E-state index in [4.69, 9.17) is 11.8 Å². The molecule has 0 fully saturated rings. The van der Waals surface area contributed by atoms with Crippen LogP contribution in [0, 0.1) is 17.8 Å². The summed E-state index contributed by atoms with van der Waals surface area (Å²) >= 11 is 0. The third kappa shape index (κ3) is 3.04. The summed E-state index contributed by atoms with van der Waals surface area (Å²) in [5.74, 6) is 2.30. The van der Waals surface area contributed by atoms with Gasteiger partial charge in [0.1, 0.15) is 0 Å². The molecule has 0 aliphatic rings. The second kappa shape index (κ2) is 4.00. The number of methoxy groups -OCH3 is 1. The Hall–Kier alpha value is -1.17. The molecule has 0 rings (SSSR count). The van der Waals surface area contributed by atoms with Gasteiger partial charge in [0, 0.05) is 0 Å². The van der Waals surface area contributed by atoms with E-state index >= 15 is 0 Å². The third-order valence-corrected chi connectivity index (χ3v) is 0.555. The molecule has 0 aliphatic heterocycles. The molecule has 0 radical (unpaired) electrons. The Morgan fingerprint density at radius 2 is 2.62 bits per heavy atom. The van der Waals surface area contributed by atoms with E-state index in [9.17, 15) is 0 Å². The molecule has 0 amide bonds. The van der Waals surface area contributed by atoms with Gasteiger partial charge in [-0.2, -0.15) is 0 Å². The van der Waals surface area contributed by atoms with Crippen LogP contribution in [0.2, 0.25) is 0 Å². The molecule has 8 heavy (non-hydrogen) atoms. The van der Waals surface area contributed by atoms with Gasteiger partial charge in [0.05, 0.1) is 13.7 Å². The molecule has 44 valence electrons. The normalized spacial score (nSPS) is 7.00. The van der Waals surface area contributed by atoms with Gasteiger partial charge in [-0.25, -0.2) is 0 Å². The van der Waals surface area contributed by atoms with Gasteiger partial charge in [0.15, 0.2) is 0 Å². The van der Waals surface area contributed by atoms with E-state index < -0.39 is 0 Å². The molecule has 0 bridgehead atoms. The van der Waals surface area contributed by atoms with Crippen LogP contribution >= 0.6 is 0 Å². The van der Waals surface area contributed by atoms with Crippen molar-refractivity contribution in [2.45, 2.75) is 0 Å². The number of ether oxygens (including phenoxy) is 1. The smallest absolute Gasteiger partial charge is 0.282 e. The number of rotatable bonds is 1. The minimum absolute atomic E-state index is 0.00273. The topological polar surface area (TPSA) is 45.1 Å². The molecule has 0 atom stereocenters.